The average Bonchev–Trinajstić information content (AvgIpc) is 2.25. The van der Waals surface area contributed by atoms with Gasteiger partial charge in [-0.1, -0.05) is 19.1 Å². The van der Waals surface area contributed by atoms with E-state index in [1.807, 2.05) is 13.0 Å². The van der Waals surface area contributed by atoms with Crippen LogP contribution in [0.5, 0.6) is 0 Å². The molecule has 4 nitrogen and oxygen atoms in total. The van der Waals surface area contributed by atoms with Gasteiger partial charge in [-0.05, 0) is 6.42 Å². The van der Waals surface area contributed by atoms with E-state index in [0.29, 0.717) is 6.42 Å². The van der Waals surface area contributed by atoms with Gasteiger partial charge in [0, 0.05) is 19.6 Å². The molecule has 0 bridgehead atoms. The standard InChI is InChI=1S/C11H20O4/c1-9(10(14-2)7-8-12)5-4-6-11(13)15-3/h4-5,9-10,12H,6-8H2,1-3H3/b5-4+/t9-,10-/m1/s1. The van der Waals surface area contributed by atoms with Crippen molar-refractivity contribution in [1.82, 2.24) is 0 Å². The Morgan fingerprint density at radius 1 is 1.47 bits per heavy atom. The number of hydrogen-bond donors (Lipinski definition) is 1. The third-order valence-electron chi connectivity index (χ3n) is 2.25. The maximum Gasteiger partial charge on any atom is 0.309 e. The van der Waals surface area contributed by atoms with Gasteiger partial charge >= 0.3 is 5.97 Å². The largest absolute Gasteiger partial charge is 0.469 e. The fourth-order valence-electron chi connectivity index (χ4n) is 1.31. The van der Waals surface area contributed by atoms with Crippen LogP contribution in [0.3, 0.4) is 0 Å². The highest BCUT2D eigenvalue weighted by molar-refractivity contribution is 5.70. The van der Waals surface area contributed by atoms with Crippen LogP contribution in [-0.4, -0.2) is 38.0 Å². The van der Waals surface area contributed by atoms with Crippen molar-refractivity contribution in [2.75, 3.05) is 20.8 Å². The number of ether oxygens (including phenoxy) is 2. The van der Waals surface area contributed by atoms with Crippen molar-refractivity contribution < 1.29 is 19.4 Å². The predicted octanol–water partition coefficient (Wildman–Crippen LogP) is 1.14. The summed E-state index contributed by atoms with van der Waals surface area (Å²) in [5.41, 5.74) is 0. The molecule has 0 aliphatic heterocycles. The van der Waals surface area contributed by atoms with Gasteiger partial charge in [-0.25, -0.2) is 0 Å². The average molecular weight is 216 g/mol. The Hall–Kier alpha value is -0.870. The van der Waals surface area contributed by atoms with E-state index in [0.717, 1.165) is 0 Å². The third-order valence-corrected chi connectivity index (χ3v) is 2.25. The van der Waals surface area contributed by atoms with Crippen molar-refractivity contribution in [2.24, 2.45) is 5.92 Å². The molecule has 0 saturated heterocycles. The molecule has 0 aromatic carbocycles. The lowest BCUT2D eigenvalue weighted by atomic mass is 10.0. The van der Waals surface area contributed by atoms with Crippen molar-refractivity contribution >= 4 is 5.97 Å². The number of methoxy groups -OCH3 is 2. The van der Waals surface area contributed by atoms with Crippen LogP contribution in [-0.2, 0) is 14.3 Å². The number of carbonyl (C=O) groups excluding carboxylic acids is 1. The molecule has 1 N–H and O–H groups in total. The molecule has 2 atom stereocenters. The lowest BCUT2D eigenvalue weighted by molar-refractivity contribution is -0.139. The Bertz CT molecular complexity index is 201. The minimum Gasteiger partial charge on any atom is -0.469 e. The van der Waals surface area contributed by atoms with E-state index in [9.17, 15) is 4.79 Å². The predicted molar refractivity (Wildman–Crippen MR) is 57.4 cm³/mol. The van der Waals surface area contributed by atoms with Crippen LogP contribution in [0.15, 0.2) is 12.2 Å². The van der Waals surface area contributed by atoms with E-state index in [2.05, 4.69) is 4.74 Å². The second-order valence-corrected chi connectivity index (χ2v) is 3.35. The van der Waals surface area contributed by atoms with Crippen LogP contribution in [0.2, 0.25) is 0 Å². The molecule has 0 rings (SSSR count). The lowest BCUT2D eigenvalue weighted by Gasteiger charge is -2.18. The topological polar surface area (TPSA) is 55.8 Å². The van der Waals surface area contributed by atoms with E-state index < -0.39 is 0 Å². The first-order valence-electron chi connectivity index (χ1n) is 5.02. The van der Waals surface area contributed by atoms with Gasteiger partial charge in [-0.2, -0.15) is 0 Å². The Morgan fingerprint density at radius 3 is 2.60 bits per heavy atom. The van der Waals surface area contributed by atoms with Crippen molar-refractivity contribution in [3.05, 3.63) is 12.2 Å². The van der Waals surface area contributed by atoms with Crippen LogP contribution in [0.1, 0.15) is 19.8 Å². The smallest absolute Gasteiger partial charge is 0.309 e. The zero-order chi connectivity index (χ0) is 11.7. The number of aliphatic hydroxyl groups is 1. The van der Waals surface area contributed by atoms with Gasteiger partial charge in [0.05, 0.1) is 19.6 Å². The van der Waals surface area contributed by atoms with Crippen LogP contribution < -0.4 is 0 Å². The highest BCUT2D eigenvalue weighted by Crippen LogP contribution is 2.12. The first-order valence-corrected chi connectivity index (χ1v) is 5.02. The summed E-state index contributed by atoms with van der Waals surface area (Å²) in [6.45, 7) is 2.09. The fraction of sp³-hybridized carbons (Fsp3) is 0.727. The van der Waals surface area contributed by atoms with Crippen LogP contribution in [0, 0.1) is 5.92 Å². The summed E-state index contributed by atoms with van der Waals surface area (Å²) >= 11 is 0. The zero-order valence-corrected chi connectivity index (χ0v) is 9.60. The maximum atomic E-state index is 10.8. The lowest BCUT2D eigenvalue weighted by Crippen LogP contribution is -2.20. The number of carbonyl (C=O) groups is 1. The first-order chi connectivity index (χ1) is 7.15. The summed E-state index contributed by atoms with van der Waals surface area (Å²) in [5.74, 6) is -0.0821. The molecule has 0 aromatic heterocycles. The van der Waals surface area contributed by atoms with E-state index in [-0.39, 0.29) is 31.0 Å². The zero-order valence-electron chi connectivity index (χ0n) is 9.60. The van der Waals surface area contributed by atoms with Gasteiger partial charge in [-0.3, -0.25) is 4.79 Å². The van der Waals surface area contributed by atoms with Crippen molar-refractivity contribution in [2.45, 2.75) is 25.9 Å². The number of aliphatic hydroxyl groups excluding tert-OH is 1. The molecule has 0 aliphatic rings. The van der Waals surface area contributed by atoms with E-state index in [4.69, 9.17) is 9.84 Å². The number of hydrogen-bond acceptors (Lipinski definition) is 4. The molecular weight excluding hydrogens is 196 g/mol. The summed E-state index contributed by atoms with van der Waals surface area (Å²) < 4.78 is 9.71. The van der Waals surface area contributed by atoms with E-state index in [1.165, 1.54) is 7.11 Å². The molecule has 88 valence electrons. The molecular formula is C11H20O4. The molecule has 0 amide bonds. The van der Waals surface area contributed by atoms with Gasteiger partial charge in [0.15, 0.2) is 0 Å². The molecule has 0 unspecified atom stereocenters. The summed E-state index contributed by atoms with van der Waals surface area (Å²) in [6.07, 6.45) is 4.53. The van der Waals surface area contributed by atoms with Gasteiger partial charge in [0.25, 0.3) is 0 Å². The molecule has 0 aliphatic carbocycles. The second kappa shape index (κ2) is 8.44. The highest BCUT2D eigenvalue weighted by Gasteiger charge is 2.12. The van der Waals surface area contributed by atoms with Gasteiger partial charge < -0.3 is 14.6 Å². The minimum atomic E-state index is -0.255. The van der Waals surface area contributed by atoms with Crippen molar-refractivity contribution in [3.63, 3.8) is 0 Å². The fourth-order valence-corrected chi connectivity index (χ4v) is 1.31. The van der Waals surface area contributed by atoms with E-state index >= 15 is 0 Å². The number of rotatable bonds is 7. The highest BCUT2D eigenvalue weighted by atomic mass is 16.5. The molecule has 0 spiro atoms. The van der Waals surface area contributed by atoms with Gasteiger partial charge in [0.2, 0.25) is 0 Å². The van der Waals surface area contributed by atoms with Gasteiger partial charge in [0.1, 0.15) is 0 Å². The molecule has 0 heterocycles. The minimum absolute atomic E-state index is 0.0103. The van der Waals surface area contributed by atoms with Gasteiger partial charge in [-0.15, -0.1) is 0 Å². The summed E-state index contributed by atoms with van der Waals surface area (Å²) in [6, 6.07) is 0. The SMILES string of the molecule is COC(=O)C/C=C/[C@@H](C)[C@@H](CCO)OC. The van der Waals surface area contributed by atoms with Crippen LogP contribution in [0.4, 0.5) is 0 Å². The summed E-state index contributed by atoms with van der Waals surface area (Å²) in [4.78, 5) is 10.8. The Balaban J connectivity index is 3.97. The molecule has 15 heavy (non-hydrogen) atoms. The van der Waals surface area contributed by atoms with Crippen LogP contribution >= 0.6 is 0 Å². The third kappa shape index (κ3) is 6.25. The molecule has 0 saturated carbocycles. The summed E-state index contributed by atoms with van der Waals surface area (Å²) in [5, 5.41) is 8.79. The van der Waals surface area contributed by atoms with Crippen LogP contribution in [0.25, 0.3) is 0 Å². The first kappa shape index (κ1) is 14.1. The van der Waals surface area contributed by atoms with E-state index in [1.54, 1.807) is 13.2 Å². The molecule has 0 radical (unpaired) electrons. The quantitative estimate of drug-likeness (QED) is 0.512. The van der Waals surface area contributed by atoms with Crippen molar-refractivity contribution in [3.8, 4) is 0 Å². The Kier molecular flexibility index (Phi) is 7.95. The van der Waals surface area contributed by atoms with Crippen molar-refractivity contribution in [1.29, 1.82) is 0 Å². The maximum absolute atomic E-state index is 10.8. The normalized spacial score (nSPS) is 15.2. The molecule has 0 aromatic rings. The monoisotopic (exact) mass is 216 g/mol. The second-order valence-electron chi connectivity index (χ2n) is 3.35. The Labute approximate surface area is 90.9 Å². The number of esters is 1. The molecule has 4 heteroatoms. The Morgan fingerprint density at radius 2 is 2.13 bits per heavy atom. The molecule has 0 fully saturated rings. The summed E-state index contributed by atoms with van der Waals surface area (Å²) in [7, 11) is 2.98.